The molecule has 2 aromatic carbocycles. The van der Waals surface area contributed by atoms with Crippen LogP contribution in [0.4, 0.5) is 4.39 Å². The lowest BCUT2D eigenvalue weighted by atomic mass is 9.78. The fourth-order valence-corrected chi connectivity index (χ4v) is 5.04. The predicted octanol–water partition coefficient (Wildman–Crippen LogP) is 2.98. The first-order valence-electron chi connectivity index (χ1n) is 13.0. The number of nitrogens with one attached hydrogen (secondary N) is 2. The van der Waals surface area contributed by atoms with Crippen LogP contribution in [0, 0.1) is 17.3 Å². The number of likely N-dealkylation sites (tertiary alicyclic amines) is 1. The van der Waals surface area contributed by atoms with Gasteiger partial charge in [0.1, 0.15) is 6.67 Å². The number of nitrogens with zero attached hydrogens (tertiary/aromatic N) is 2. The summed E-state index contributed by atoms with van der Waals surface area (Å²) in [4.78, 5) is 20.8. The fourth-order valence-electron chi connectivity index (χ4n) is 5.04. The molecule has 3 N–H and O–H groups in total. The number of halogens is 1. The molecule has 8 heteroatoms. The van der Waals surface area contributed by atoms with E-state index in [-0.39, 0.29) is 17.7 Å². The quantitative estimate of drug-likeness (QED) is 0.379. The van der Waals surface area contributed by atoms with E-state index in [0.717, 1.165) is 49.5 Å². The minimum absolute atomic E-state index is 0.114. The second-order valence-electron chi connectivity index (χ2n) is 10.6. The van der Waals surface area contributed by atoms with Gasteiger partial charge in [-0.3, -0.25) is 9.69 Å². The van der Waals surface area contributed by atoms with E-state index in [9.17, 15) is 14.3 Å². The van der Waals surface area contributed by atoms with Crippen molar-refractivity contribution in [2.45, 2.75) is 31.8 Å². The van der Waals surface area contributed by atoms with Crippen LogP contribution in [-0.2, 0) is 17.7 Å². The maximum Gasteiger partial charge on any atom is 0.293 e. The zero-order valence-electron chi connectivity index (χ0n) is 21.5. The molecule has 1 spiro atoms. The summed E-state index contributed by atoms with van der Waals surface area (Å²) in [5.74, 6) is 5.96. The molecule has 0 saturated carbocycles. The molecule has 2 aliphatic rings. The summed E-state index contributed by atoms with van der Waals surface area (Å²) in [7, 11) is 0. The average molecular weight is 517 g/mol. The van der Waals surface area contributed by atoms with Gasteiger partial charge in [-0.05, 0) is 42.3 Å². The van der Waals surface area contributed by atoms with Gasteiger partial charge in [0.25, 0.3) is 5.56 Å². The zero-order chi connectivity index (χ0) is 26.5. The third-order valence-electron chi connectivity index (χ3n) is 7.32. The molecule has 5 rings (SSSR count). The van der Waals surface area contributed by atoms with Gasteiger partial charge in [0, 0.05) is 61.1 Å². The maximum atomic E-state index is 13.0. The van der Waals surface area contributed by atoms with Crippen LogP contribution in [0.25, 0.3) is 0 Å². The first-order chi connectivity index (χ1) is 18.4. The SMILES string of the molecule is CC(CF)NCC(Cc1nc[nH]c(=O)c1O)c1ccc(C#Cc2ccc(CN3CC4(COC4)C3)cc2)cc1. The van der Waals surface area contributed by atoms with Crippen LogP contribution in [-0.4, -0.2) is 65.5 Å². The summed E-state index contributed by atoms with van der Waals surface area (Å²) in [6.07, 6.45) is 1.62. The molecular weight excluding hydrogens is 483 g/mol. The molecule has 38 heavy (non-hydrogen) atoms. The molecule has 2 saturated heterocycles. The Bertz CT molecular complexity index is 1350. The van der Waals surface area contributed by atoms with Crippen LogP contribution in [0.2, 0.25) is 0 Å². The van der Waals surface area contributed by atoms with Gasteiger partial charge in [0.2, 0.25) is 5.75 Å². The lowest BCUT2D eigenvalue weighted by Crippen LogP contribution is -2.65. The standard InChI is InChI=1S/C30H33FN4O3/c1-21(13-31)32-14-26(12-27-28(36)29(37)34-20-33-27)25-10-8-23(9-11-25)3-2-22-4-6-24(7-5-22)15-35-16-30(17-35)18-38-19-30/h4-11,20-21,26,32,36H,12-19H2,1H3,(H,33,34,37). The Hall–Kier alpha value is -3.51. The van der Waals surface area contributed by atoms with E-state index in [4.69, 9.17) is 4.74 Å². The van der Waals surface area contributed by atoms with Crippen molar-refractivity contribution >= 4 is 0 Å². The van der Waals surface area contributed by atoms with Crippen LogP contribution in [0.3, 0.4) is 0 Å². The molecule has 2 aliphatic heterocycles. The van der Waals surface area contributed by atoms with Crippen molar-refractivity contribution in [3.05, 3.63) is 93.2 Å². The summed E-state index contributed by atoms with van der Waals surface area (Å²) >= 11 is 0. The van der Waals surface area contributed by atoms with Gasteiger partial charge >= 0.3 is 0 Å². The third kappa shape index (κ3) is 6.13. The second-order valence-corrected chi connectivity index (χ2v) is 10.6. The van der Waals surface area contributed by atoms with E-state index >= 15 is 0 Å². The van der Waals surface area contributed by atoms with E-state index < -0.39 is 12.2 Å². The number of aromatic amines is 1. The number of benzene rings is 2. The molecule has 2 unspecified atom stereocenters. The van der Waals surface area contributed by atoms with Gasteiger partial charge in [0.05, 0.1) is 25.2 Å². The van der Waals surface area contributed by atoms with Gasteiger partial charge in [-0.1, -0.05) is 36.1 Å². The normalized spacial score (nSPS) is 17.6. The van der Waals surface area contributed by atoms with E-state index in [1.807, 2.05) is 24.3 Å². The number of hydrogen-bond donors (Lipinski definition) is 3. The maximum absolute atomic E-state index is 13.0. The number of aromatic hydroxyl groups is 1. The van der Waals surface area contributed by atoms with Gasteiger partial charge in [0.15, 0.2) is 0 Å². The van der Waals surface area contributed by atoms with Crippen molar-refractivity contribution in [3.8, 4) is 17.6 Å². The van der Waals surface area contributed by atoms with Gasteiger partial charge < -0.3 is 20.1 Å². The number of hydrogen-bond acceptors (Lipinski definition) is 6. The van der Waals surface area contributed by atoms with Crippen LogP contribution in [0.1, 0.15) is 40.8 Å². The number of alkyl halides is 1. The smallest absolute Gasteiger partial charge is 0.293 e. The van der Waals surface area contributed by atoms with E-state index in [0.29, 0.717) is 24.1 Å². The monoisotopic (exact) mass is 516 g/mol. The summed E-state index contributed by atoms with van der Waals surface area (Å²) in [6.45, 7) is 6.79. The first-order valence-corrected chi connectivity index (χ1v) is 13.0. The Morgan fingerprint density at radius 1 is 1.13 bits per heavy atom. The van der Waals surface area contributed by atoms with Gasteiger partial charge in [-0.25, -0.2) is 9.37 Å². The largest absolute Gasteiger partial charge is 0.502 e. The molecule has 0 radical (unpaired) electrons. The first kappa shape index (κ1) is 26.1. The topological polar surface area (TPSA) is 90.5 Å². The van der Waals surface area contributed by atoms with Crippen molar-refractivity contribution in [1.29, 1.82) is 0 Å². The molecule has 3 heterocycles. The lowest BCUT2D eigenvalue weighted by molar-refractivity contribution is -0.191. The fraction of sp³-hybridized carbons (Fsp3) is 0.400. The number of ether oxygens (including phenoxy) is 1. The van der Waals surface area contributed by atoms with Gasteiger partial charge in [-0.15, -0.1) is 0 Å². The summed E-state index contributed by atoms with van der Waals surface area (Å²) in [5, 5.41) is 13.3. The predicted molar refractivity (Wildman–Crippen MR) is 144 cm³/mol. The lowest BCUT2D eigenvalue weighted by Gasteiger charge is -2.55. The molecule has 0 bridgehead atoms. The highest BCUT2D eigenvalue weighted by atomic mass is 19.1. The second kappa shape index (κ2) is 11.5. The molecule has 198 valence electrons. The molecule has 0 amide bonds. The third-order valence-corrected chi connectivity index (χ3v) is 7.32. The number of aromatic nitrogens is 2. The minimum atomic E-state index is -0.574. The van der Waals surface area contributed by atoms with Crippen LogP contribution < -0.4 is 10.9 Å². The average Bonchev–Trinajstić information content (AvgIpc) is 2.89. The highest BCUT2D eigenvalue weighted by Gasteiger charge is 2.48. The van der Waals surface area contributed by atoms with Crippen molar-refractivity contribution < 1.29 is 14.2 Å². The van der Waals surface area contributed by atoms with Crippen LogP contribution >= 0.6 is 0 Å². The highest BCUT2D eigenvalue weighted by molar-refractivity contribution is 5.44. The van der Waals surface area contributed by atoms with Crippen LogP contribution in [0.15, 0.2) is 59.7 Å². The summed E-state index contributed by atoms with van der Waals surface area (Å²) in [5.41, 5.74) is 4.29. The van der Waals surface area contributed by atoms with E-state index in [1.165, 1.54) is 11.9 Å². The Balaban J connectivity index is 1.22. The van der Waals surface area contributed by atoms with E-state index in [1.54, 1.807) is 6.92 Å². The summed E-state index contributed by atoms with van der Waals surface area (Å²) < 4.78 is 18.4. The molecule has 7 nitrogen and oxygen atoms in total. The van der Waals surface area contributed by atoms with Crippen molar-refractivity contribution in [2.75, 3.05) is 39.5 Å². The molecular formula is C30H33FN4O3. The van der Waals surface area contributed by atoms with Crippen molar-refractivity contribution in [3.63, 3.8) is 0 Å². The van der Waals surface area contributed by atoms with Gasteiger partial charge in [-0.2, -0.15) is 0 Å². The number of rotatable bonds is 9. The van der Waals surface area contributed by atoms with Crippen molar-refractivity contribution in [1.82, 2.24) is 20.2 Å². The Kier molecular flexibility index (Phi) is 7.89. The summed E-state index contributed by atoms with van der Waals surface area (Å²) in [6, 6.07) is 16.0. The highest BCUT2D eigenvalue weighted by Crippen LogP contribution is 2.38. The molecule has 3 aromatic rings. The van der Waals surface area contributed by atoms with E-state index in [2.05, 4.69) is 56.3 Å². The zero-order valence-corrected chi connectivity index (χ0v) is 21.5. The molecule has 1 aromatic heterocycles. The Morgan fingerprint density at radius 2 is 1.79 bits per heavy atom. The molecule has 0 aliphatic carbocycles. The minimum Gasteiger partial charge on any atom is -0.502 e. The number of H-pyrrole nitrogens is 1. The molecule has 2 fully saturated rings. The van der Waals surface area contributed by atoms with Crippen LogP contribution in [0.5, 0.6) is 5.75 Å². The Labute approximate surface area is 222 Å². The Morgan fingerprint density at radius 3 is 2.39 bits per heavy atom. The molecule has 2 atom stereocenters. The van der Waals surface area contributed by atoms with Crippen molar-refractivity contribution in [2.24, 2.45) is 5.41 Å².